The zero-order chi connectivity index (χ0) is 9.80. The Labute approximate surface area is 89.7 Å². The van der Waals surface area contributed by atoms with E-state index in [1.54, 1.807) is 11.3 Å². The van der Waals surface area contributed by atoms with Gasteiger partial charge in [-0.1, -0.05) is 6.07 Å². The molecular weight excluding hydrogens is 216 g/mol. The smallest absolute Gasteiger partial charge is 0.184 e. The third-order valence-electron chi connectivity index (χ3n) is 1.83. The molecular formula is C9H8N2OS2. The van der Waals surface area contributed by atoms with Gasteiger partial charge in [-0.15, -0.1) is 11.3 Å². The number of carbonyl (C=O) groups excluding carboxylic acids is 1. The average molecular weight is 224 g/mol. The number of thiophene rings is 1. The summed E-state index contributed by atoms with van der Waals surface area (Å²) in [5.41, 5.74) is 0.492. The first-order valence-electron chi connectivity index (χ1n) is 4.19. The third-order valence-corrected chi connectivity index (χ3v) is 3.24. The van der Waals surface area contributed by atoms with Crippen LogP contribution in [0.1, 0.15) is 21.8 Å². The molecule has 3 nitrogen and oxygen atoms in total. The number of hydrogen-bond acceptors (Lipinski definition) is 5. The van der Waals surface area contributed by atoms with Gasteiger partial charge in [0.05, 0.1) is 17.9 Å². The lowest BCUT2D eigenvalue weighted by Crippen LogP contribution is -2.00. The minimum Gasteiger partial charge on any atom is -0.292 e. The van der Waals surface area contributed by atoms with Gasteiger partial charge in [-0.05, 0) is 17.9 Å². The number of hydrogen-bond donors (Lipinski definition) is 0. The van der Waals surface area contributed by atoms with Crippen molar-refractivity contribution >= 4 is 28.8 Å². The van der Waals surface area contributed by atoms with E-state index in [2.05, 4.69) is 8.75 Å². The van der Waals surface area contributed by atoms with E-state index >= 15 is 0 Å². The zero-order valence-electron chi connectivity index (χ0n) is 7.34. The molecule has 5 heteroatoms. The minimum absolute atomic E-state index is 0.0761. The number of Topliss-reactive ketones (excluding diaryl/α,β-unsaturated/α-hetero) is 1. The van der Waals surface area contributed by atoms with Crippen molar-refractivity contribution in [2.75, 3.05) is 0 Å². The van der Waals surface area contributed by atoms with Gasteiger partial charge >= 0.3 is 0 Å². The van der Waals surface area contributed by atoms with Crippen LogP contribution in [0.5, 0.6) is 0 Å². The molecule has 0 unspecified atom stereocenters. The highest BCUT2D eigenvalue weighted by atomic mass is 32.1. The first-order chi connectivity index (χ1) is 6.86. The van der Waals surface area contributed by atoms with Crippen LogP contribution in [-0.4, -0.2) is 14.5 Å². The molecule has 72 valence electrons. The van der Waals surface area contributed by atoms with E-state index in [0.29, 0.717) is 12.1 Å². The molecule has 14 heavy (non-hydrogen) atoms. The number of ketones is 1. The van der Waals surface area contributed by atoms with Crippen LogP contribution in [0.3, 0.4) is 0 Å². The Morgan fingerprint density at radius 1 is 1.50 bits per heavy atom. The maximum absolute atomic E-state index is 11.5. The summed E-state index contributed by atoms with van der Waals surface area (Å²) in [4.78, 5) is 12.7. The molecule has 2 aromatic rings. The predicted octanol–water partition coefficient (Wildman–Crippen LogP) is 2.42. The average Bonchev–Trinajstić information content (AvgIpc) is 2.87. The van der Waals surface area contributed by atoms with Crippen LogP contribution in [0, 0.1) is 0 Å². The monoisotopic (exact) mass is 224 g/mol. The van der Waals surface area contributed by atoms with Crippen LogP contribution in [0.2, 0.25) is 0 Å². The second-order valence-corrected chi connectivity index (χ2v) is 4.38. The topological polar surface area (TPSA) is 42.9 Å². The fraction of sp³-hybridized carbons (Fsp3) is 0.222. The van der Waals surface area contributed by atoms with Crippen LogP contribution in [-0.2, 0) is 6.42 Å². The Bertz CT molecular complexity index is 394. The molecule has 0 aliphatic rings. The summed E-state index contributed by atoms with van der Waals surface area (Å²) in [6.07, 6.45) is 2.85. The maximum atomic E-state index is 11.5. The SMILES string of the molecule is O=C(CCc1cccs1)c1cnsn1. The summed E-state index contributed by atoms with van der Waals surface area (Å²) < 4.78 is 7.70. The summed E-state index contributed by atoms with van der Waals surface area (Å²) in [5.74, 6) is 0.0761. The summed E-state index contributed by atoms with van der Waals surface area (Å²) >= 11 is 2.75. The van der Waals surface area contributed by atoms with Crippen molar-refractivity contribution in [1.82, 2.24) is 8.75 Å². The van der Waals surface area contributed by atoms with Gasteiger partial charge in [0.15, 0.2) is 5.78 Å². The maximum Gasteiger partial charge on any atom is 0.184 e. The molecule has 0 bridgehead atoms. The van der Waals surface area contributed by atoms with Crippen LogP contribution in [0.15, 0.2) is 23.7 Å². The normalized spacial score (nSPS) is 10.3. The Morgan fingerprint density at radius 3 is 3.07 bits per heavy atom. The highest BCUT2D eigenvalue weighted by molar-refractivity contribution is 7.09. The van der Waals surface area contributed by atoms with E-state index in [0.717, 1.165) is 18.1 Å². The molecule has 2 aromatic heterocycles. The fourth-order valence-corrected chi connectivity index (χ4v) is 2.25. The second-order valence-electron chi connectivity index (χ2n) is 2.80. The molecule has 0 radical (unpaired) electrons. The van der Waals surface area contributed by atoms with Gasteiger partial charge in [-0.25, -0.2) is 0 Å². The van der Waals surface area contributed by atoms with E-state index < -0.39 is 0 Å². The highest BCUT2D eigenvalue weighted by Crippen LogP contribution is 2.12. The molecule has 0 aromatic carbocycles. The van der Waals surface area contributed by atoms with Crippen molar-refractivity contribution in [2.24, 2.45) is 0 Å². The van der Waals surface area contributed by atoms with Gasteiger partial charge in [0.2, 0.25) is 0 Å². The van der Waals surface area contributed by atoms with Crippen molar-refractivity contribution < 1.29 is 4.79 Å². The van der Waals surface area contributed by atoms with E-state index in [-0.39, 0.29) is 5.78 Å². The number of aryl methyl sites for hydroxylation is 1. The van der Waals surface area contributed by atoms with Gasteiger partial charge < -0.3 is 0 Å². The molecule has 0 spiro atoms. The second kappa shape index (κ2) is 4.43. The summed E-state index contributed by atoms with van der Waals surface area (Å²) in [6.45, 7) is 0. The molecule has 0 N–H and O–H groups in total. The zero-order valence-corrected chi connectivity index (χ0v) is 8.98. The number of carbonyl (C=O) groups is 1. The molecule has 0 atom stereocenters. The van der Waals surface area contributed by atoms with Crippen molar-refractivity contribution in [3.8, 4) is 0 Å². The molecule has 0 saturated carbocycles. The quantitative estimate of drug-likeness (QED) is 0.749. The lowest BCUT2D eigenvalue weighted by atomic mass is 10.1. The first-order valence-corrected chi connectivity index (χ1v) is 5.80. The molecule has 0 aliphatic heterocycles. The molecule has 0 amide bonds. The predicted molar refractivity (Wildman–Crippen MR) is 56.9 cm³/mol. The molecule has 0 fully saturated rings. The van der Waals surface area contributed by atoms with E-state index in [4.69, 9.17) is 0 Å². The lowest BCUT2D eigenvalue weighted by molar-refractivity contribution is 0.0979. The van der Waals surface area contributed by atoms with Crippen LogP contribution >= 0.6 is 23.1 Å². The van der Waals surface area contributed by atoms with E-state index in [9.17, 15) is 4.79 Å². The third kappa shape index (κ3) is 2.24. The Kier molecular flexibility index (Phi) is 3.00. The van der Waals surface area contributed by atoms with Crippen LogP contribution in [0.25, 0.3) is 0 Å². The Balaban J connectivity index is 1.90. The van der Waals surface area contributed by atoms with Gasteiger partial charge in [0.1, 0.15) is 5.69 Å². The summed E-state index contributed by atoms with van der Waals surface area (Å²) in [5, 5.41) is 2.02. The standard InChI is InChI=1S/C9H8N2OS2/c12-9(8-6-10-14-11-8)4-3-7-2-1-5-13-7/h1-2,5-6H,3-4H2. The molecule has 0 saturated heterocycles. The molecule has 0 aliphatic carbocycles. The Hall–Kier alpha value is -1.07. The number of rotatable bonds is 4. The number of nitrogens with zero attached hydrogens (tertiary/aromatic N) is 2. The van der Waals surface area contributed by atoms with Crippen LogP contribution in [0.4, 0.5) is 0 Å². The Morgan fingerprint density at radius 2 is 2.43 bits per heavy atom. The van der Waals surface area contributed by atoms with E-state index in [1.165, 1.54) is 11.1 Å². The first kappa shape index (κ1) is 9.48. The van der Waals surface area contributed by atoms with Crippen molar-refractivity contribution in [3.63, 3.8) is 0 Å². The number of aromatic nitrogens is 2. The van der Waals surface area contributed by atoms with Gasteiger partial charge in [-0.3, -0.25) is 4.79 Å². The van der Waals surface area contributed by atoms with Gasteiger partial charge in [-0.2, -0.15) is 8.75 Å². The van der Waals surface area contributed by atoms with E-state index in [1.807, 2.05) is 17.5 Å². The fourth-order valence-electron chi connectivity index (χ4n) is 1.11. The molecule has 2 rings (SSSR count). The largest absolute Gasteiger partial charge is 0.292 e. The van der Waals surface area contributed by atoms with Crippen molar-refractivity contribution in [3.05, 3.63) is 34.3 Å². The minimum atomic E-state index is 0.0761. The summed E-state index contributed by atoms with van der Waals surface area (Å²) in [7, 11) is 0. The van der Waals surface area contributed by atoms with Crippen molar-refractivity contribution in [2.45, 2.75) is 12.8 Å². The molecule has 2 heterocycles. The van der Waals surface area contributed by atoms with Gasteiger partial charge in [0, 0.05) is 11.3 Å². The highest BCUT2D eigenvalue weighted by Gasteiger charge is 2.08. The van der Waals surface area contributed by atoms with Crippen molar-refractivity contribution in [1.29, 1.82) is 0 Å². The summed E-state index contributed by atoms with van der Waals surface area (Å²) in [6, 6.07) is 4.03. The lowest BCUT2D eigenvalue weighted by Gasteiger charge is -1.94. The van der Waals surface area contributed by atoms with Gasteiger partial charge in [0.25, 0.3) is 0 Å². The van der Waals surface area contributed by atoms with Crippen LogP contribution < -0.4 is 0 Å².